The van der Waals surface area contributed by atoms with Crippen molar-refractivity contribution in [3.63, 3.8) is 0 Å². The zero-order chi connectivity index (χ0) is 46.2. The van der Waals surface area contributed by atoms with E-state index in [0.717, 1.165) is 44.9 Å². The van der Waals surface area contributed by atoms with Crippen LogP contribution in [0.25, 0.3) is 0 Å². The maximum absolute atomic E-state index is 13.0. The zero-order valence-electron chi connectivity index (χ0n) is 39.8. The van der Waals surface area contributed by atoms with Gasteiger partial charge in [-0.25, -0.2) is 4.89 Å². The molecule has 0 radical (unpaired) electrons. The second-order valence-corrected chi connectivity index (χ2v) is 20.9. The van der Waals surface area contributed by atoms with Gasteiger partial charge in [-0.05, 0) is 115 Å². The van der Waals surface area contributed by atoms with Crippen molar-refractivity contribution in [1.29, 1.82) is 0 Å². The van der Waals surface area contributed by atoms with Gasteiger partial charge in [-0.1, -0.05) is 25.5 Å². The maximum atomic E-state index is 13.0. The van der Waals surface area contributed by atoms with Crippen LogP contribution in [-0.2, 0) is 71.4 Å². The molecule has 0 bridgehead atoms. The van der Waals surface area contributed by atoms with Crippen LogP contribution in [0.3, 0.4) is 0 Å². The van der Waals surface area contributed by atoms with E-state index in [9.17, 15) is 15.0 Å². The number of carbonyl (C=O) groups is 1. The smallest absolute Gasteiger partial charge is 0.274 e. The number of methoxy groups -OCH3 is 3. The van der Waals surface area contributed by atoms with Gasteiger partial charge in [-0.2, -0.15) is 4.89 Å². The Morgan fingerprint density at radius 3 is 2.40 bits per heavy atom. The number of allylic oxidation sites excluding steroid dienone is 1. The summed E-state index contributed by atoms with van der Waals surface area (Å²) in [4.78, 5) is 25.0. The minimum absolute atomic E-state index is 0.0255. The topological polar surface area (TPSA) is 187 Å². The van der Waals surface area contributed by atoms with Crippen LogP contribution in [0.2, 0.25) is 0 Å². The molecule has 4 aliphatic carbocycles. The molecule has 65 heavy (non-hydrogen) atoms. The Hall–Kier alpha value is -1.65. The molecule has 4 saturated heterocycles. The van der Waals surface area contributed by atoms with E-state index in [-0.39, 0.29) is 41.8 Å². The summed E-state index contributed by atoms with van der Waals surface area (Å²) in [5, 5.41) is 23.3. The summed E-state index contributed by atoms with van der Waals surface area (Å²) >= 11 is 0. The van der Waals surface area contributed by atoms with Gasteiger partial charge in [0.2, 0.25) is 12.1 Å². The fraction of sp³-hybridized carbons (Fsp3) is 0.896. The third kappa shape index (κ3) is 8.62. The first-order valence-electron chi connectivity index (χ1n) is 24.1. The SMILES string of the molecule is COC1=CC(C)OC(OC2CCC3(C)C(=CCC4C3CCC3(C)C4CCC3(O)C(C)OC3OC(C)C4OOC5(COC4O3)CC(OC)C(OC3CC(OC)C(O)C(C)O3)C(C)O5)C2)C1=O. The number of ether oxygens (including phenoxy) is 12. The molecular weight excluding hydrogens is 849 g/mol. The Kier molecular flexibility index (Phi) is 13.8. The fourth-order valence-electron chi connectivity index (χ4n) is 13.5. The van der Waals surface area contributed by atoms with E-state index < -0.39 is 91.7 Å². The van der Waals surface area contributed by atoms with Gasteiger partial charge in [-0.15, -0.1) is 0 Å². The van der Waals surface area contributed by atoms with E-state index in [0.29, 0.717) is 36.4 Å². The molecule has 2 N–H and O–H groups in total. The van der Waals surface area contributed by atoms with Crippen LogP contribution >= 0.6 is 0 Å². The van der Waals surface area contributed by atoms with Crippen LogP contribution in [-0.4, -0.2) is 148 Å². The molecule has 0 amide bonds. The van der Waals surface area contributed by atoms with Crippen LogP contribution in [0.4, 0.5) is 0 Å². The Balaban J connectivity index is 0.809. The second kappa shape index (κ2) is 18.6. The van der Waals surface area contributed by atoms with Crippen molar-refractivity contribution in [2.75, 3.05) is 27.9 Å². The number of hydrogen-bond acceptors (Lipinski definition) is 17. The number of aliphatic hydroxyl groups excluding tert-OH is 1. The van der Waals surface area contributed by atoms with Gasteiger partial charge in [0.25, 0.3) is 12.3 Å². The normalized spacial score (nSPS) is 51.7. The third-order valence-corrected chi connectivity index (χ3v) is 17.4. The Bertz CT molecular complexity index is 1780. The average molecular weight is 923 g/mol. The van der Waals surface area contributed by atoms with Crippen molar-refractivity contribution in [2.45, 2.75) is 217 Å². The van der Waals surface area contributed by atoms with Gasteiger partial charge in [0.05, 0.1) is 61.5 Å². The summed E-state index contributed by atoms with van der Waals surface area (Å²) in [6, 6.07) is 0. The molecule has 9 rings (SSSR count). The highest BCUT2D eigenvalue weighted by Crippen LogP contribution is 2.68. The predicted octanol–water partition coefficient (Wildman–Crippen LogP) is 5.12. The van der Waals surface area contributed by atoms with Gasteiger partial charge < -0.3 is 62.3 Å². The summed E-state index contributed by atoms with van der Waals surface area (Å²) < 4.78 is 73.3. The van der Waals surface area contributed by atoms with Crippen molar-refractivity contribution in [3.8, 4) is 0 Å². The first kappa shape index (κ1) is 48.4. The van der Waals surface area contributed by atoms with Crippen LogP contribution in [0.5, 0.6) is 0 Å². The van der Waals surface area contributed by atoms with Crippen molar-refractivity contribution in [1.82, 2.24) is 0 Å². The standard InChI is InChI=1S/C48H74O17/c1-24-19-34(52-8)39(50)42(56-24)60-30-13-16-45(6)29(20-30)11-12-31-32(45)14-17-46(7)33(31)15-18-48(46,51)28(5)59-44-58-26(3)41-43(62-44)55-23-47(65-64-41)22-36(54-10)40(27(4)63-47)61-37-21-35(53-9)38(49)25(2)57-37/h11,19,24-28,30-33,35-38,40-44,49,51H,12-18,20-23H2,1-10H3. The highest BCUT2D eigenvalue weighted by atomic mass is 17.2. The summed E-state index contributed by atoms with van der Waals surface area (Å²) in [6.07, 6.45) is 3.60. The maximum Gasteiger partial charge on any atom is 0.274 e. The number of carbonyl (C=O) groups excluding carboxylic acids is 1. The van der Waals surface area contributed by atoms with E-state index in [1.165, 1.54) is 12.7 Å². The Labute approximate surface area is 383 Å². The molecular formula is C48H74O17. The van der Waals surface area contributed by atoms with Crippen molar-refractivity contribution in [2.24, 2.45) is 28.6 Å². The van der Waals surface area contributed by atoms with E-state index in [4.69, 9.17) is 66.6 Å². The molecule has 22 atom stereocenters. The first-order valence-corrected chi connectivity index (χ1v) is 24.1. The molecule has 17 nitrogen and oxygen atoms in total. The highest BCUT2D eigenvalue weighted by molar-refractivity contribution is 5.96. The number of ketones is 1. The minimum Gasteiger partial charge on any atom is -0.493 e. The molecule has 0 aromatic heterocycles. The van der Waals surface area contributed by atoms with Gasteiger partial charge in [-0.3, -0.25) is 9.53 Å². The van der Waals surface area contributed by atoms with Gasteiger partial charge in [0.1, 0.15) is 18.8 Å². The van der Waals surface area contributed by atoms with Crippen molar-refractivity contribution >= 4 is 5.78 Å². The third-order valence-electron chi connectivity index (χ3n) is 17.4. The van der Waals surface area contributed by atoms with Crippen LogP contribution in [0.15, 0.2) is 23.5 Å². The van der Waals surface area contributed by atoms with Crippen molar-refractivity contribution < 1.29 is 81.6 Å². The summed E-state index contributed by atoms with van der Waals surface area (Å²) in [6.45, 7) is 12.8. The minimum atomic E-state index is -1.34. The monoisotopic (exact) mass is 922 g/mol. The Morgan fingerprint density at radius 2 is 1.65 bits per heavy atom. The zero-order valence-corrected chi connectivity index (χ0v) is 39.8. The molecule has 5 heterocycles. The Morgan fingerprint density at radius 1 is 0.877 bits per heavy atom. The molecule has 9 aliphatic rings. The predicted molar refractivity (Wildman–Crippen MR) is 227 cm³/mol. The quantitative estimate of drug-likeness (QED) is 0.217. The molecule has 1 spiro atoms. The van der Waals surface area contributed by atoms with Crippen LogP contribution in [0, 0.1) is 28.6 Å². The largest absolute Gasteiger partial charge is 0.493 e. The van der Waals surface area contributed by atoms with Crippen LogP contribution in [0.1, 0.15) is 113 Å². The number of rotatable bonds is 10. The highest BCUT2D eigenvalue weighted by Gasteiger charge is 2.66. The lowest BCUT2D eigenvalue weighted by Crippen LogP contribution is -2.60. The number of Topliss-reactive ketones (excluding diaryl/α,β-unsaturated/α-hetero) is 1. The van der Waals surface area contributed by atoms with E-state index in [1.807, 2.05) is 27.7 Å². The molecule has 0 aromatic rings. The van der Waals surface area contributed by atoms with Gasteiger partial charge in [0.15, 0.2) is 24.4 Å². The molecule has 368 valence electrons. The van der Waals surface area contributed by atoms with Crippen LogP contribution < -0.4 is 0 Å². The number of aliphatic hydroxyl groups is 2. The molecule has 3 saturated carbocycles. The number of fused-ring (bicyclic) bond motifs is 6. The second-order valence-electron chi connectivity index (χ2n) is 20.9. The molecule has 17 heteroatoms. The molecule has 0 aromatic carbocycles. The van der Waals surface area contributed by atoms with Gasteiger partial charge in [0, 0.05) is 32.5 Å². The lowest BCUT2D eigenvalue weighted by atomic mass is 9.46. The van der Waals surface area contributed by atoms with E-state index >= 15 is 0 Å². The summed E-state index contributed by atoms with van der Waals surface area (Å²) in [7, 11) is 4.67. The summed E-state index contributed by atoms with van der Waals surface area (Å²) in [5.74, 6) is -0.0843. The molecule has 5 aliphatic heterocycles. The van der Waals surface area contributed by atoms with E-state index in [2.05, 4.69) is 19.9 Å². The number of hydrogen-bond donors (Lipinski definition) is 2. The molecule has 7 fully saturated rings. The van der Waals surface area contributed by atoms with Crippen molar-refractivity contribution in [3.05, 3.63) is 23.5 Å². The lowest BCUT2D eigenvalue weighted by molar-refractivity contribution is -0.489. The fourth-order valence-corrected chi connectivity index (χ4v) is 13.5. The lowest BCUT2D eigenvalue weighted by Gasteiger charge is -2.59. The average Bonchev–Trinajstić information content (AvgIpc) is 3.44. The van der Waals surface area contributed by atoms with Gasteiger partial charge >= 0.3 is 0 Å². The van der Waals surface area contributed by atoms with E-state index in [1.54, 1.807) is 27.2 Å². The summed E-state index contributed by atoms with van der Waals surface area (Å²) in [5.41, 5.74) is -0.0569. The first-order chi connectivity index (χ1) is 30.9. The molecule has 22 unspecified atom stereocenters.